The quantitative estimate of drug-likeness (QED) is 0.175. The highest BCUT2D eigenvalue weighted by molar-refractivity contribution is 7.98. The lowest BCUT2D eigenvalue weighted by atomic mass is 9.93. The van der Waals surface area contributed by atoms with E-state index in [9.17, 15) is 19.2 Å². The van der Waals surface area contributed by atoms with Crippen molar-refractivity contribution in [2.45, 2.75) is 50.4 Å². The van der Waals surface area contributed by atoms with E-state index < -0.39 is 35.0 Å². The third-order valence-corrected chi connectivity index (χ3v) is 6.03. The van der Waals surface area contributed by atoms with Crippen molar-refractivity contribution >= 4 is 41.5 Å². The standard InChI is InChI=1S/C22H33N5O6S/c1-14(2)8-15(18(29)21(3)12-33-21)25-19(30)16(10-32-4)26-20(31)22(11-28,13-34-5)27-17-9-23-6-7-24-17/h6-7,9,11,14-16H,8,10,12-13H2,1-5H3,(H,24,27)(H,25,30)(H,26,31)/t15?,16?,21?,22-/m0/s1. The summed E-state index contributed by atoms with van der Waals surface area (Å²) >= 11 is 1.27. The van der Waals surface area contributed by atoms with Crippen molar-refractivity contribution in [3.8, 4) is 0 Å². The van der Waals surface area contributed by atoms with Gasteiger partial charge in [-0.25, -0.2) is 4.98 Å². The van der Waals surface area contributed by atoms with E-state index in [1.165, 1.54) is 37.5 Å². The van der Waals surface area contributed by atoms with Crippen molar-refractivity contribution in [3.05, 3.63) is 18.6 Å². The normalized spacial score (nSPS) is 20.5. The lowest BCUT2D eigenvalue weighted by Gasteiger charge is -2.30. The molecule has 188 valence electrons. The molecule has 2 heterocycles. The predicted molar refractivity (Wildman–Crippen MR) is 127 cm³/mol. The first kappa shape index (κ1) is 27.7. The summed E-state index contributed by atoms with van der Waals surface area (Å²) < 4.78 is 10.4. The van der Waals surface area contributed by atoms with Crippen LogP contribution >= 0.6 is 11.8 Å². The molecule has 4 atom stereocenters. The number of ether oxygens (including phenoxy) is 2. The van der Waals surface area contributed by atoms with E-state index in [2.05, 4.69) is 25.9 Å². The number of carbonyl (C=O) groups excluding carboxylic acids is 4. The van der Waals surface area contributed by atoms with E-state index in [4.69, 9.17) is 9.47 Å². The number of anilines is 1. The molecule has 0 spiro atoms. The van der Waals surface area contributed by atoms with Gasteiger partial charge in [-0.1, -0.05) is 13.8 Å². The van der Waals surface area contributed by atoms with Crippen LogP contribution in [0.4, 0.5) is 5.82 Å². The Kier molecular flexibility index (Phi) is 9.95. The topological polar surface area (TPSA) is 152 Å². The van der Waals surface area contributed by atoms with Crippen LogP contribution in [0.1, 0.15) is 27.2 Å². The first-order valence-electron chi connectivity index (χ1n) is 10.9. The highest BCUT2D eigenvalue weighted by Crippen LogP contribution is 2.29. The lowest BCUT2D eigenvalue weighted by Crippen LogP contribution is -2.62. The number of carbonyl (C=O) groups is 4. The number of nitrogens with zero attached hydrogens (tertiary/aromatic N) is 2. The molecule has 11 nitrogen and oxygen atoms in total. The number of thioether (sulfide) groups is 1. The van der Waals surface area contributed by atoms with Gasteiger partial charge < -0.3 is 30.2 Å². The Balaban J connectivity index is 2.20. The van der Waals surface area contributed by atoms with Crippen LogP contribution in [0.15, 0.2) is 18.6 Å². The van der Waals surface area contributed by atoms with Crippen LogP contribution in [-0.2, 0) is 28.7 Å². The molecule has 1 aliphatic heterocycles. The largest absolute Gasteiger partial charge is 0.382 e. The van der Waals surface area contributed by atoms with Crippen LogP contribution in [0.3, 0.4) is 0 Å². The fourth-order valence-corrected chi connectivity index (χ4v) is 4.05. The van der Waals surface area contributed by atoms with Crippen LogP contribution in [0.5, 0.6) is 0 Å². The minimum atomic E-state index is -1.70. The number of rotatable bonds is 15. The van der Waals surface area contributed by atoms with E-state index in [0.29, 0.717) is 19.3 Å². The summed E-state index contributed by atoms with van der Waals surface area (Å²) in [6, 6.07) is -1.92. The first-order chi connectivity index (χ1) is 16.1. The molecule has 3 N–H and O–H groups in total. The summed E-state index contributed by atoms with van der Waals surface area (Å²) in [6.07, 6.45) is 6.90. The Morgan fingerprint density at radius 3 is 2.50 bits per heavy atom. The Morgan fingerprint density at radius 2 is 2.00 bits per heavy atom. The molecule has 1 saturated heterocycles. The minimum absolute atomic E-state index is 0.0738. The minimum Gasteiger partial charge on any atom is -0.382 e. The van der Waals surface area contributed by atoms with Gasteiger partial charge in [0, 0.05) is 25.3 Å². The van der Waals surface area contributed by atoms with Crippen molar-refractivity contribution in [1.29, 1.82) is 0 Å². The number of methoxy groups -OCH3 is 1. The molecule has 0 aliphatic carbocycles. The van der Waals surface area contributed by atoms with E-state index in [0.717, 1.165) is 0 Å². The number of Topliss-reactive ketones (excluding diaryl/α,β-unsaturated/α-hetero) is 1. The molecule has 1 fully saturated rings. The van der Waals surface area contributed by atoms with Crippen molar-refractivity contribution in [2.75, 3.05) is 37.6 Å². The van der Waals surface area contributed by atoms with Gasteiger partial charge in [-0.2, -0.15) is 11.8 Å². The first-order valence-corrected chi connectivity index (χ1v) is 12.3. The van der Waals surface area contributed by atoms with Gasteiger partial charge in [0.2, 0.25) is 5.91 Å². The number of hydrogen-bond acceptors (Lipinski definition) is 10. The average molecular weight is 496 g/mol. The number of aromatic nitrogens is 2. The molecular weight excluding hydrogens is 462 g/mol. The number of epoxide rings is 1. The Morgan fingerprint density at radius 1 is 1.29 bits per heavy atom. The molecule has 2 rings (SSSR count). The monoisotopic (exact) mass is 495 g/mol. The van der Waals surface area contributed by atoms with Crippen molar-refractivity contribution in [2.24, 2.45) is 5.92 Å². The second-order valence-corrected chi connectivity index (χ2v) is 9.66. The smallest absolute Gasteiger partial charge is 0.254 e. The van der Waals surface area contributed by atoms with Gasteiger partial charge in [0.05, 0.1) is 25.5 Å². The van der Waals surface area contributed by atoms with Crippen molar-refractivity contribution in [1.82, 2.24) is 20.6 Å². The van der Waals surface area contributed by atoms with Crippen LogP contribution in [0.2, 0.25) is 0 Å². The van der Waals surface area contributed by atoms with Crippen LogP contribution in [0, 0.1) is 5.92 Å². The molecular formula is C22H33N5O6S. The second kappa shape index (κ2) is 12.2. The Bertz CT molecular complexity index is 867. The highest BCUT2D eigenvalue weighted by atomic mass is 32.2. The third-order valence-electron chi connectivity index (χ3n) is 5.29. The zero-order valence-electron chi connectivity index (χ0n) is 20.1. The summed E-state index contributed by atoms with van der Waals surface area (Å²) in [4.78, 5) is 59.3. The maximum absolute atomic E-state index is 13.3. The van der Waals surface area contributed by atoms with Crippen molar-refractivity contribution < 1.29 is 28.7 Å². The molecule has 1 aromatic heterocycles. The summed E-state index contributed by atoms with van der Waals surface area (Å²) in [5.74, 6) is -1.11. The van der Waals surface area contributed by atoms with Gasteiger partial charge in [-0.3, -0.25) is 19.4 Å². The zero-order valence-corrected chi connectivity index (χ0v) is 20.9. The van der Waals surface area contributed by atoms with Gasteiger partial charge >= 0.3 is 0 Å². The highest BCUT2D eigenvalue weighted by Gasteiger charge is 2.50. The summed E-state index contributed by atoms with van der Waals surface area (Å²) in [6.45, 7) is 5.71. The lowest BCUT2D eigenvalue weighted by molar-refractivity contribution is -0.136. The maximum Gasteiger partial charge on any atom is 0.254 e. The van der Waals surface area contributed by atoms with E-state index >= 15 is 0 Å². The van der Waals surface area contributed by atoms with Crippen LogP contribution in [-0.4, -0.2) is 89.4 Å². The molecule has 1 aromatic rings. The fourth-order valence-electron chi connectivity index (χ4n) is 3.33. The molecule has 2 amide bonds. The number of amides is 2. The molecule has 12 heteroatoms. The SMILES string of the molecule is COCC(NC(=O)[C@](C=O)(CSC)Nc1cnccn1)C(=O)NC(CC(C)C)C(=O)C1(C)CO1. The summed E-state index contributed by atoms with van der Waals surface area (Å²) in [5.41, 5.74) is -2.61. The van der Waals surface area contributed by atoms with Gasteiger partial charge in [0.15, 0.2) is 17.6 Å². The predicted octanol–water partition coefficient (Wildman–Crippen LogP) is 0.209. The zero-order chi connectivity index (χ0) is 25.4. The Labute approximate surface area is 203 Å². The molecule has 0 aromatic carbocycles. The molecule has 3 unspecified atom stereocenters. The van der Waals surface area contributed by atoms with Gasteiger partial charge in [-0.05, 0) is 25.5 Å². The number of ketones is 1. The van der Waals surface area contributed by atoms with Crippen LogP contribution < -0.4 is 16.0 Å². The van der Waals surface area contributed by atoms with E-state index in [-0.39, 0.29) is 29.9 Å². The average Bonchev–Trinajstić information content (AvgIpc) is 3.56. The second-order valence-electron chi connectivity index (χ2n) is 8.79. The van der Waals surface area contributed by atoms with E-state index in [1.54, 1.807) is 13.2 Å². The van der Waals surface area contributed by atoms with Crippen LogP contribution in [0.25, 0.3) is 0 Å². The molecule has 0 bridgehead atoms. The van der Waals surface area contributed by atoms with Crippen molar-refractivity contribution in [3.63, 3.8) is 0 Å². The van der Waals surface area contributed by atoms with Gasteiger partial charge in [0.25, 0.3) is 5.91 Å². The molecule has 0 radical (unpaired) electrons. The molecule has 0 saturated carbocycles. The fraction of sp³-hybridized carbons (Fsp3) is 0.636. The molecule has 1 aliphatic rings. The number of nitrogens with one attached hydrogen (secondary N) is 3. The maximum atomic E-state index is 13.3. The van der Waals surface area contributed by atoms with Gasteiger partial charge in [-0.15, -0.1) is 0 Å². The third kappa shape index (κ3) is 7.21. The Hall–Kier alpha value is -2.57. The van der Waals surface area contributed by atoms with E-state index in [1.807, 2.05) is 13.8 Å². The number of hydrogen-bond donors (Lipinski definition) is 3. The van der Waals surface area contributed by atoms with Gasteiger partial charge in [0.1, 0.15) is 17.5 Å². The summed E-state index contributed by atoms with van der Waals surface area (Å²) in [5, 5.41) is 8.15. The molecule has 34 heavy (non-hydrogen) atoms. The summed E-state index contributed by atoms with van der Waals surface area (Å²) in [7, 11) is 1.38. The number of aldehydes is 1.